The second-order valence-corrected chi connectivity index (χ2v) is 5.31. The molecule has 150 valence electrons. The number of halogens is 8. The van der Waals surface area contributed by atoms with Crippen molar-refractivity contribution in [2.75, 3.05) is 10.6 Å². The number of carbonyl (C=O) groups excluding carboxylic acids is 2. The minimum absolute atomic E-state index is 0.190. The Kier molecular flexibility index (Phi) is 5.62. The lowest BCUT2D eigenvalue weighted by molar-refractivity contribution is -0.204. The molecule has 2 amide bonds. The molecule has 0 heterocycles. The fourth-order valence-corrected chi connectivity index (χ4v) is 1.87. The third-order valence-electron chi connectivity index (χ3n) is 3.32. The largest absolute Gasteiger partial charge is 0.396 e. The topological polar surface area (TPSA) is 58.2 Å². The third kappa shape index (κ3) is 4.05. The van der Waals surface area contributed by atoms with Gasteiger partial charge in [0.05, 0.1) is 11.4 Å². The fraction of sp³-hybridized carbons (Fsp3) is 0.125. The Bertz CT molecular complexity index is 857. The molecule has 0 bridgehead atoms. The molecule has 0 aromatic heterocycles. The van der Waals surface area contributed by atoms with E-state index in [0.29, 0.717) is 24.3 Å². The number of rotatable bonds is 5. The van der Waals surface area contributed by atoms with Gasteiger partial charge in [-0.25, -0.2) is 17.6 Å². The van der Waals surface area contributed by atoms with E-state index >= 15 is 0 Å². The Morgan fingerprint density at radius 3 is 1.25 bits per heavy atom. The molecule has 0 spiro atoms. The standard InChI is InChI=1S/C16H8F8N2O2/c17-7-1-3-11(9(19)5-7)25-13(27)15(21,22)16(23,24)14(28)26-12-4-2-8(18)6-10(12)20/h1-6H,(H,25,27)(H,26,28). The molecular weight excluding hydrogens is 404 g/mol. The molecule has 12 heteroatoms. The highest BCUT2D eigenvalue weighted by Gasteiger charge is 2.67. The van der Waals surface area contributed by atoms with Crippen LogP contribution in [0.25, 0.3) is 0 Å². The van der Waals surface area contributed by atoms with Crippen molar-refractivity contribution in [1.82, 2.24) is 0 Å². The highest BCUT2D eigenvalue weighted by atomic mass is 19.3. The molecule has 2 aromatic carbocycles. The van der Waals surface area contributed by atoms with E-state index in [1.807, 2.05) is 0 Å². The second kappa shape index (κ2) is 7.44. The number of nitrogens with one attached hydrogen (secondary N) is 2. The van der Waals surface area contributed by atoms with Crippen LogP contribution in [0.15, 0.2) is 36.4 Å². The fourth-order valence-electron chi connectivity index (χ4n) is 1.87. The third-order valence-corrected chi connectivity index (χ3v) is 3.32. The summed E-state index contributed by atoms with van der Waals surface area (Å²) >= 11 is 0. The van der Waals surface area contributed by atoms with Crippen LogP contribution in [-0.2, 0) is 9.59 Å². The lowest BCUT2D eigenvalue weighted by Gasteiger charge is -2.24. The molecule has 2 rings (SSSR count). The van der Waals surface area contributed by atoms with E-state index in [4.69, 9.17) is 0 Å². The zero-order valence-corrected chi connectivity index (χ0v) is 13.3. The Hall–Kier alpha value is -3.18. The molecule has 0 aliphatic rings. The Labute approximate surface area is 151 Å². The summed E-state index contributed by atoms with van der Waals surface area (Å²) in [5.74, 6) is -22.3. The zero-order valence-electron chi connectivity index (χ0n) is 13.3. The van der Waals surface area contributed by atoms with Crippen LogP contribution in [-0.4, -0.2) is 23.7 Å². The molecule has 0 saturated heterocycles. The van der Waals surface area contributed by atoms with Gasteiger partial charge in [-0.1, -0.05) is 0 Å². The molecule has 0 aliphatic carbocycles. The predicted molar refractivity (Wildman–Crippen MR) is 79.9 cm³/mol. The first kappa shape index (κ1) is 21.1. The Morgan fingerprint density at radius 1 is 0.643 bits per heavy atom. The minimum atomic E-state index is -5.71. The van der Waals surface area contributed by atoms with Gasteiger partial charge in [0.25, 0.3) is 0 Å². The minimum Gasteiger partial charge on any atom is -0.318 e. The van der Waals surface area contributed by atoms with E-state index in [-0.39, 0.29) is 12.1 Å². The molecule has 0 fully saturated rings. The van der Waals surface area contributed by atoms with Crippen molar-refractivity contribution in [2.24, 2.45) is 0 Å². The van der Waals surface area contributed by atoms with Gasteiger partial charge in [0.1, 0.15) is 23.3 Å². The van der Waals surface area contributed by atoms with Gasteiger partial charge in [0.2, 0.25) is 0 Å². The lowest BCUT2D eigenvalue weighted by Crippen LogP contribution is -2.56. The number of benzene rings is 2. The monoisotopic (exact) mass is 412 g/mol. The molecule has 0 unspecified atom stereocenters. The second-order valence-electron chi connectivity index (χ2n) is 5.31. The maximum Gasteiger partial charge on any atom is 0.396 e. The summed E-state index contributed by atoms with van der Waals surface area (Å²) in [5.41, 5.74) is -2.10. The van der Waals surface area contributed by atoms with Crippen LogP contribution in [0, 0.1) is 23.3 Å². The van der Waals surface area contributed by atoms with E-state index in [9.17, 15) is 44.7 Å². The van der Waals surface area contributed by atoms with Gasteiger partial charge >= 0.3 is 23.7 Å². The average molecular weight is 412 g/mol. The number of anilines is 2. The normalized spacial score (nSPS) is 11.9. The van der Waals surface area contributed by atoms with Crippen molar-refractivity contribution in [3.63, 3.8) is 0 Å². The molecule has 0 aliphatic heterocycles. The molecule has 0 atom stereocenters. The molecule has 4 nitrogen and oxygen atoms in total. The maximum absolute atomic E-state index is 13.8. The Balaban J connectivity index is 2.23. The van der Waals surface area contributed by atoms with Gasteiger partial charge in [-0.3, -0.25) is 9.59 Å². The maximum atomic E-state index is 13.8. The highest BCUT2D eigenvalue weighted by Crippen LogP contribution is 2.37. The van der Waals surface area contributed by atoms with E-state index in [1.54, 1.807) is 0 Å². The number of alkyl halides is 4. The number of carbonyl (C=O) groups is 2. The first-order valence-electron chi connectivity index (χ1n) is 7.15. The van der Waals surface area contributed by atoms with Crippen LogP contribution in [0.5, 0.6) is 0 Å². The van der Waals surface area contributed by atoms with E-state index in [2.05, 4.69) is 0 Å². The van der Waals surface area contributed by atoms with Gasteiger partial charge in [-0.05, 0) is 24.3 Å². The molecule has 2 aromatic rings. The number of hydrogen-bond acceptors (Lipinski definition) is 2. The number of amides is 2. The first-order valence-corrected chi connectivity index (χ1v) is 7.15. The summed E-state index contributed by atoms with van der Waals surface area (Å²) in [6.45, 7) is 0. The van der Waals surface area contributed by atoms with Crippen LogP contribution in [0.3, 0.4) is 0 Å². The van der Waals surface area contributed by atoms with Gasteiger partial charge < -0.3 is 10.6 Å². The van der Waals surface area contributed by atoms with Crippen LogP contribution >= 0.6 is 0 Å². The van der Waals surface area contributed by atoms with Crippen molar-refractivity contribution in [1.29, 1.82) is 0 Å². The van der Waals surface area contributed by atoms with Crippen LogP contribution in [0.2, 0.25) is 0 Å². The van der Waals surface area contributed by atoms with Gasteiger partial charge in [0.15, 0.2) is 0 Å². The van der Waals surface area contributed by atoms with Crippen molar-refractivity contribution >= 4 is 23.2 Å². The van der Waals surface area contributed by atoms with Crippen LogP contribution in [0.1, 0.15) is 0 Å². The van der Waals surface area contributed by atoms with Gasteiger partial charge in [0, 0.05) is 12.1 Å². The Morgan fingerprint density at radius 2 is 0.964 bits per heavy atom. The summed E-state index contributed by atoms with van der Waals surface area (Å²) in [4.78, 5) is 23.0. The summed E-state index contributed by atoms with van der Waals surface area (Å²) in [6, 6.07) is 2.47. The summed E-state index contributed by atoms with van der Waals surface area (Å²) in [6.07, 6.45) is 0. The molecule has 28 heavy (non-hydrogen) atoms. The number of hydrogen-bond donors (Lipinski definition) is 2. The van der Waals surface area contributed by atoms with Crippen LogP contribution < -0.4 is 10.6 Å². The van der Waals surface area contributed by atoms with E-state index in [1.165, 1.54) is 0 Å². The SMILES string of the molecule is O=C(Nc1ccc(F)cc1F)C(F)(F)C(F)(F)C(=O)Nc1ccc(F)cc1F. The molecular formula is C16H8F8N2O2. The smallest absolute Gasteiger partial charge is 0.318 e. The van der Waals surface area contributed by atoms with Crippen LogP contribution in [0.4, 0.5) is 46.5 Å². The van der Waals surface area contributed by atoms with Gasteiger partial charge in [-0.15, -0.1) is 0 Å². The van der Waals surface area contributed by atoms with E-state index in [0.717, 1.165) is 10.6 Å². The van der Waals surface area contributed by atoms with Crippen molar-refractivity contribution < 1.29 is 44.7 Å². The van der Waals surface area contributed by atoms with E-state index < -0.39 is 58.3 Å². The zero-order chi connectivity index (χ0) is 21.3. The first-order chi connectivity index (χ1) is 12.9. The average Bonchev–Trinajstić information content (AvgIpc) is 2.59. The predicted octanol–water partition coefficient (Wildman–Crippen LogP) is 4.09. The van der Waals surface area contributed by atoms with Crippen molar-refractivity contribution in [2.45, 2.75) is 11.8 Å². The quantitative estimate of drug-likeness (QED) is 0.727. The molecule has 0 radical (unpaired) electrons. The van der Waals surface area contributed by atoms with Crippen molar-refractivity contribution in [3.05, 3.63) is 59.7 Å². The summed E-state index contributed by atoms with van der Waals surface area (Å²) < 4.78 is 108. The lowest BCUT2D eigenvalue weighted by atomic mass is 10.1. The van der Waals surface area contributed by atoms with Gasteiger partial charge in [-0.2, -0.15) is 17.6 Å². The summed E-state index contributed by atoms with van der Waals surface area (Å²) in [7, 11) is 0. The summed E-state index contributed by atoms with van der Waals surface area (Å²) in [5, 5.41) is 2.21. The molecule has 0 saturated carbocycles. The highest BCUT2D eigenvalue weighted by molar-refractivity contribution is 6.05. The van der Waals surface area contributed by atoms with Crippen molar-refractivity contribution in [3.8, 4) is 0 Å². The molecule has 2 N–H and O–H groups in total.